The zero-order valence-electron chi connectivity index (χ0n) is 18.6. The summed E-state index contributed by atoms with van der Waals surface area (Å²) in [4.78, 5) is 4.15. The number of hydrazine groups is 1. The van der Waals surface area contributed by atoms with Crippen LogP contribution in [-0.2, 0) is 0 Å². The van der Waals surface area contributed by atoms with E-state index in [0.29, 0.717) is 5.92 Å². The zero-order valence-corrected chi connectivity index (χ0v) is 18.6. The molecule has 29 heavy (non-hydrogen) atoms. The van der Waals surface area contributed by atoms with Crippen molar-refractivity contribution in [3.8, 4) is 0 Å². The fourth-order valence-electron chi connectivity index (χ4n) is 4.04. The molecular formula is C22H41N7. The van der Waals surface area contributed by atoms with Crippen LogP contribution >= 0.6 is 0 Å². The van der Waals surface area contributed by atoms with E-state index in [-0.39, 0.29) is 18.5 Å². The van der Waals surface area contributed by atoms with E-state index in [9.17, 15) is 0 Å². The largest absolute Gasteiger partial charge is 0.372 e. The zero-order chi connectivity index (χ0) is 21.4. The Hall–Kier alpha value is -1.67. The molecule has 5 atom stereocenters. The maximum atomic E-state index is 6.15. The van der Waals surface area contributed by atoms with Crippen LogP contribution in [0.2, 0.25) is 0 Å². The number of hydrogen-bond donors (Lipinski definition) is 6. The lowest BCUT2D eigenvalue weighted by Crippen LogP contribution is -2.53. The van der Waals surface area contributed by atoms with Crippen LogP contribution in [0.4, 0.5) is 0 Å². The molecule has 1 fully saturated rings. The number of nitrogens with zero attached hydrogens (tertiary/aromatic N) is 1. The fourth-order valence-corrected chi connectivity index (χ4v) is 4.04. The van der Waals surface area contributed by atoms with Crippen molar-refractivity contribution in [2.45, 2.75) is 78.3 Å². The number of aliphatic imine (C=N–C) groups is 1. The number of rotatable bonds is 12. The minimum Gasteiger partial charge on any atom is -0.372 e. The number of unbranched alkanes of at least 4 members (excludes halogenated alkanes) is 1. The lowest BCUT2D eigenvalue weighted by molar-refractivity contribution is 0.387. The van der Waals surface area contributed by atoms with Crippen LogP contribution in [0.3, 0.4) is 0 Å². The summed E-state index contributed by atoms with van der Waals surface area (Å²) in [6.07, 6.45) is 9.42. The van der Waals surface area contributed by atoms with E-state index in [1.54, 1.807) is 0 Å². The molecule has 0 saturated heterocycles. The Morgan fingerprint density at radius 1 is 1.41 bits per heavy atom. The fraction of sp³-hybridized carbons (Fsp3) is 0.682. The summed E-state index contributed by atoms with van der Waals surface area (Å²) in [5.74, 6) is 8.07. The Morgan fingerprint density at radius 3 is 2.72 bits per heavy atom. The molecule has 1 aliphatic carbocycles. The quantitative estimate of drug-likeness (QED) is 0.0744. The molecule has 2 rings (SSSR count). The first-order valence-electron chi connectivity index (χ1n) is 11.0. The highest BCUT2D eigenvalue weighted by Gasteiger charge is 2.39. The lowest BCUT2D eigenvalue weighted by Gasteiger charge is -2.34. The van der Waals surface area contributed by atoms with Gasteiger partial charge in [0.25, 0.3) is 0 Å². The Labute approximate surface area is 176 Å². The number of nitrogens with two attached hydrogens (primary N) is 2. The Morgan fingerprint density at radius 2 is 2.17 bits per heavy atom. The van der Waals surface area contributed by atoms with Gasteiger partial charge in [0.2, 0.25) is 0 Å². The molecule has 164 valence electrons. The van der Waals surface area contributed by atoms with Crippen LogP contribution in [0.1, 0.15) is 59.8 Å². The van der Waals surface area contributed by atoms with Crippen LogP contribution in [-0.4, -0.2) is 31.8 Å². The molecule has 1 heterocycles. The summed E-state index contributed by atoms with van der Waals surface area (Å²) in [5, 5.41) is 10.6. The molecule has 8 N–H and O–H groups in total. The molecule has 4 unspecified atom stereocenters. The molecular weight excluding hydrogens is 362 g/mol. The van der Waals surface area contributed by atoms with Gasteiger partial charge in [0, 0.05) is 12.6 Å². The van der Waals surface area contributed by atoms with Gasteiger partial charge in [0.05, 0.1) is 6.17 Å². The highest BCUT2D eigenvalue weighted by Crippen LogP contribution is 2.48. The standard InChI is InChI=1S/C22H41N7/c1-6-9-10-26-21-18(14(4)27-22(25-5)28-21)13-17(19-12-15(19)7-2)11-16(8-3)20(23)29-24/h8,11,14-15,19-20,22,26-29H,5-7,9-10,12-13,23-24H2,1-4H3/b16-8+,17-11-/t14?,15-,19?,20?,22?/m1/s1. The van der Waals surface area contributed by atoms with Gasteiger partial charge in [-0.15, -0.1) is 0 Å². The predicted octanol–water partition coefficient (Wildman–Crippen LogP) is 2.21. The van der Waals surface area contributed by atoms with Gasteiger partial charge in [-0.3, -0.25) is 16.2 Å². The van der Waals surface area contributed by atoms with Crippen LogP contribution in [0.25, 0.3) is 0 Å². The number of nitrogens with one attached hydrogen (secondary N) is 4. The van der Waals surface area contributed by atoms with Crippen molar-refractivity contribution in [3.63, 3.8) is 0 Å². The SMILES string of the molecule is C=NC1NC(NCCCC)=C(C/C(=C/C(=C\C)C(N)NN)C2C[C@H]2CC)C(C)N1. The van der Waals surface area contributed by atoms with Crippen molar-refractivity contribution in [3.05, 3.63) is 34.7 Å². The first kappa shape index (κ1) is 23.6. The molecule has 0 aromatic heterocycles. The third-order valence-corrected chi connectivity index (χ3v) is 6.09. The second kappa shape index (κ2) is 11.5. The number of hydrogen-bond acceptors (Lipinski definition) is 7. The normalized spacial score (nSPS) is 28.8. The summed E-state index contributed by atoms with van der Waals surface area (Å²) < 4.78 is 0. The highest BCUT2D eigenvalue weighted by atomic mass is 15.3. The average molecular weight is 404 g/mol. The first-order chi connectivity index (χ1) is 14.0. The first-order valence-corrected chi connectivity index (χ1v) is 11.0. The maximum Gasteiger partial charge on any atom is 0.174 e. The van der Waals surface area contributed by atoms with E-state index in [1.165, 1.54) is 24.0 Å². The van der Waals surface area contributed by atoms with Crippen LogP contribution in [0.5, 0.6) is 0 Å². The minimum absolute atomic E-state index is 0.171. The highest BCUT2D eigenvalue weighted by molar-refractivity contribution is 5.36. The van der Waals surface area contributed by atoms with E-state index in [0.717, 1.165) is 43.1 Å². The van der Waals surface area contributed by atoms with Crippen LogP contribution in [0, 0.1) is 11.8 Å². The predicted molar refractivity (Wildman–Crippen MR) is 123 cm³/mol. The van der Waals surface area contributed by atoms with Gasteiger partial charge in [-0.25, -0.2) is 5.43 Å². The van der Waals surface area contributed by atoms with Gasteiger partial charge in [-0.05, 0) is 62.8 Å². The van der Waals surface area contributed by atoms with Crippen molar-refractivity contribution in [1.29, 1.82) is 0 Å². The molecule has 1 saturated carbocycles. The third-order valence-electron chi connectivity index (χ3n) is 6.09. The Kier molecular flexibility index (Phi) is 9.36. The molecule has 2 aliphatic rings. The van der Waals surface area contributed by atoms with Crippen molar-refractivity contribution in [1.82, 2.24) is 21.4 Å². The van der Waals surface area contributed by atoms with E-state index in [4.69, 9.17) is 11.6 Å². The molecule has 0 aromatic rings. The molecule has 0 radical (unpaired) electrons. The second-order valence-corrected chi connectivity index (χ2v) is 8.14. The van der Waals surface area contributed by atoms with Crippen LogP contribution in [0.15, 0.2) is 39.7 Å². The second-order valence-electron chi connectivity index (χ2n) is 8.14. The van der Waals surface area contributed by atoms with Gasteiger partial charge in [-0.2, -0.15) is 0 Å². The molecule has 7 heteroatoms. The van der Waals surface area contributed by atoms with Gasteiger partial charge < -0.3 is 16.4 Å². The van der Waals surface area contributed by atoms with Crippen molar-refractivity contribution in [2.75, 3.05) is 6.54 Å². The molecule has 0 amide bonds. The minimum atomic E-state index is -0.362. The molecule has 0 spiro atoms. The van der Waals surface area contributed by atoms with Gasteiger partial charge in [-0.1, -0.05) is 44.4 Å². The Balaban J connectivity index is 2.33. The molecule has 7 nitrogen and oxygen atoms in total. The van der Waals surface area contributed by atoms with Crippen molar-refractivity contribution >= 4 is 6.72 Å². The maximum absolute atomic E-state index is 6.15. The van der Waals surface area contributed by atoms with Gasteiger partial charge in [0.1, 0.15) is 5.82 Å². The lowest BCUT2D eigenvalue weighted by atomic mass is 9.92. The summed E-state index contributed by atoms with van der Waals surface area (Å²) in [5.41, 5.74) is 12.6. The van der Waals surface area contributed by atoms with E-state index in [1.807, 2.05) is 13.0 Å². The smallest absolute Gasteiger partial charge is 0.174 e. The van der Waals surface area contributed by atoms with Crippen molar-refractivity contribution < 1.29 is 0 Å². The topological polar surface area (TPSA) is 113 Å². The van der Waals surface area contributed by atoms with Crippen LogP contribution < -0.4 is 33.0 Å². The van der Waals surface area contributed by atoms with E-state index in [2.05, 4.69) is 59.9 Å². The molecule has 0 bridgehead atoms. The van der Waals surface area contributed by atoms with Gasteiger partial charge in [0.15, 0.2) is 6.29 Å². The summed E-state index contributed by atoms with van der Waals surface area (Å²) in [6.45, 7) is 13.3. The Bertz CT molecular complexity index is 637. The monoisotopic (exact) mass is 403 g/mol. The summed E-state index contributed by atoms with van der Waals surface area (Å²) >= 11 is 0. The summed E-state index contributed by atoms with van der Waals surface area (Å²) in [6, 6.07) is 0.202. The van der Waals surface area contributed by atoms with E-state index < -0.39 is 0 Å². The summed E-state index contributed by atoms with van der Waals surface area (Å²) in [7, 11) is 0. The average Bonchev–Trinajstić information content (AvgIpc) is 3.51. The molecule has 0 aromatic carbocycles. The third kappa shape index (κ3) is 6.40. The van der Waals surface area contributed by atoms with Gasteiger partial charge >= 0.3 is 0 Å². The van der Waals surface area contributed by atoms with E-state index >= 15 is 0 Å². The molecule has 1 aliphatic heterocycles. The van der Waals surface area contributed by atoms with Crippen molar-refractivity contribution in [2.24, 2.45) is 28.4 Å². The number of allylic oxidation sites excluding steroid dienone is 2.